The van der Waals surface area contributed by atoms with Gasteiger partial charge in [0.1, 0.15) is 6.54 Å². The summed E-state index contributed by atoms with van der Waals surface area (Å²) < 4.78 is 1.43. The smallest absolute Gasteiger partial charge is 0.241 e. The molecule has 1 saturated carbocycles. The van der Waals surface area contributed by atoms with Crippen LogP contribution in [0.5, 0.6) is 0 Å². The fourth-order valence-electron chi connectivity index (χ4n) is 3.52. The van der Waals surface area contributed by atoms with Crippen LogP contribution in [0, 0.1) is 12.8 Å². The molecule has 0 radical (unpaired) electrons. The van der Waals surface area contributed by atoms with Crippen molar-refractivity contribution in [3.05, 3.63) is 41.7 Å². The number of carbonyl (C=O) groups is 2. The van der Waals surface area contributed by atoms with Gasteiger partial charge in [-0.15, -0.1) is 5.10 Å². The van der Waals surface area contributed by atoms with Crippen LogP contribution in [-0.4, -0.2) is 38.3 Å². The van der Waals surface area contributed by atoms with Gasteiger partial charge < -0.3 is 15.6 Å². The number of aromatic nitrogens is 4. The van der Waals surface area contributed by atoms with Crippen molar-refractivity contribution in [3.63, 3.8) is 0 Å². The largest absolute Gasteiger partial charge is 0.358 e. The second kappa shape index (κ2) is 7.84. The van der Waals surface area contributed by atoms with Crippen LogP contribution in [0.2, 0.25) is 0 Å². The summed E-state index contributed by atoms with van der Waals surface area (Å²) in [5, 5.41) is 14.7. The van der Waals surface area contributed by atoms with Gasteiger partial charge in [0, 0.05) is 29.1 Å². The van der Waals surface area contributed by atoms with E-state index >= 15 is 0 Å². The first-order valence-electron chi connectivity index (χ1n) is 9.64. The van der Waals surface area contributed by atoms with E-state index in [1.807, 2.05) is 19.1 Å². The summed E-state index contributed by atoms with van der Waals surface area (Å²) >= 11 is 0. The average molecular weight is 380 g/mol. The minimum absolute atomic E-state index is 0.0168. The van der Waals surface area contributed by atoms with E-state index < -0.39 is 0 Å². The third-order valence-electron chi connectivity index (χ3n) is 5.30. The second-order valence-electron chi connectivity index (χ2n) is 7.29. The molecule has 8 heteroatoms. The Labute approximate surface area is 162 Å². The van der Waals surface area contributed by atoms with Crippen LogP contribution in [0.25, 0.3) is 10.9 Å². The van der Waals surface area contributed by atoms with E-state index in [1.54, 1.807) is 6.20 Å². The van der Waals surface area contributed by atoms with Crippen molar-refractivity contribution in [2.75, 3.05) is 11.9 Å². The third-order valence-corrected chi connectivity index (χ3v) is 5.30. The molecule has 1 aliphatic carbocycles. The standard InChI is InChI=1S/C20H24N6O2/c1-13-15(16-7-2-3-8-17(16)22-13)9-10-21-19(27)12-26-11-18(24-25-26)23-20(28)14-5-4-6-14/h2-3,7-8,11,14,22H,4-6,9-10,12H2,1H3,(H,21,27)(H,23,28). The van der Waals surface area contributed by atoms with E-state index in [0.717, 1.165) is 36.9 Å². The SMILES string of the molecule is Cc1[nH]c2ccccc2c1CCNC(=O)Cn1cc(NC(=O)C2CCC2)nn1. The minimum atomic E-state index is -0.140. The summed E-state index contributed by atoms with van der Waals surface area (Å²) in [5.74, 6) is 0.316. The highest BCUT2D eigenvalue weighted by atomic mass is 16.2. The molecule has 1 aromatic carbocycles. The molecular formula is C20H24N6O2. The molecule has 0 aliphatic heterocycles. The second-order valence-corrected chi connectivity index (χ2v) is 7.29. The highest BCUT2D eigenvalue weighted by Gasteiger charge is 2.25. The lowest BCUT2D eigenvalue weighted by molar-refractivity contribution is -0.122. The molecule has 1 fully saturated rings. The molecule has 0 bridgehead atoms. The number of aromatic amines is 1. The maximum Gasteiger partial charge on any atom is 0.241 e. The lowest BCUT2D eigenvalue weighted by Crippen LogP contribution is -2.29. The van der Waals surface area contributed by atoms with Crippen molar-refractivity contribution in [1.82, 2.24) is 25.3 Å². The fourth-order valence-corrected chi connectivity index (χ4v) is 3.52. The number of aryl methyl sites for hydroxylation is 1. The maximum atomic E-state index is 12.2. The summed E-state index contributed by atoms with van der Waals surface area (Å²) in [5.41, 5.74) is 3.46. The Hall–Kier alpha value is -3.16. The molecule has 0 saturated heterocycles. The van der Waals surface area contributed by atoms with Crippen LogP contribution in [0.1, 0.15) is 30.5 Å². The summed E-state index contributed by atoms with van der Waals surface area (Å²) in [6.07, 6.45) is 5.29. The van der Waals surface area contributed by atoms with Crippen molar-refractivity contribution in [1.29, 1.82) is 0 Å². The van der Waals surface area contributed by atoms with Crippen LogP contribution in [0.3, 0.4) is 0 Å². The highest BCUT2D eigenvalue weighted by molar-refractivity contribution is 5.92. The van der Waals surface area contributed by atoms with Gasteiger partial charge in [0.05, 0.1) is 6.20 Å². The normalized spacial score (nSPS) is 14.0. The van der Waals surface area contributed by atoms with Gasteiger partial charge in [-0.2, -0.15) is 0 Å². The molecule has 3 N–H and O–H groups in total. The number of carbonyl (C=O) groups excluding carboxylic acids is 2. The van der Waals surface area contributed by atoms with Crippen molar-refractivity contribution in [3.8, 4) is 0 Å². The number of para-hydroxylation sites is 1. The predicted molar refractivity (Wildman–Crippen MR) is 106 cm³/mol. The Kier molecular flexibility index (Phi) is 5.10. The Morgan fingerprint density at radius 2 is 2.11 bits per heavy atom. The molecule has 146 valence electrons. The van der Waals surface area contributed by atoms with Crippen molar-refractivity contribution in [2.24, 2.45) is 5.92 Å². The zero-order valence-electron chi connectivity index (χ0n) is 15.9. The average Bonchev–Trinajstić information content (AvgIpc) is 3.17. The van der Waals surface area contributed by atoms with E-state index in [4.69, 9.17) is 0 Å². The summed E-state index contributed by atoms with van der Waals surface area (Å²) in [6.45, 7) is 2.66. The van der Waals surface area contributed by atoms with E-state index in [2.05, 4.69) is 38.1 Å². The molecule has 2 heterocycles. The molecule has 0 atom stereocenters. The summed E-state index contributed by atoms with van der Waals surface area (Å²) in [7, 11) is 0. The van der Waals surface area contributed by atoms with Gasteiger partial charge >= 0.3 is 0 Å². The zero-order chi connectivity index (χ0) is 19.5. The number of rotatable bonds is 7. The number of H-pyrrole nitrogens is 1. The first-order chi connectivity index (χ1) is 13.6. The van der Waals surface area contributed by atoms with E-state index in [1.165, 1.54) is 15.6 Å². The molecule has 8 nitrogen and oxygen atoms in total. The molecule has 1 aliphatic rings. The number of nitrogens with one attached hydrogen (secondary N) is 3. The van der Waals surface area contributed by atoms with Gasteiger partial charge in [-0.25, -0.2) is 4.68 Å². The van der Waals surface area contributed by atoms with Crippen molar-refractivity contribution >= 4 is 28.5 Å². The molecule has 3 aromatic rings. The van der Waals surface area contributed by atoms with Crippen LogP contribution in [-0.2, 0) is 22.6 Å². The summed E-state index contributed by atoms with van der Waals surface area (Å²) in [6, 6.07) is 8.16. The molecule has 28 heavy (non-hydrogen) atoms. The number of benzene rings is 1. The van der Waals surface area contributed by atoms with Gasteiger partial charge in [0.2, 0.25) is 11.8 Å². The lowest BCUT2D eigenvalue weighted by Gasteiger charge is -2.23. The third kappa shape index (κ3) is 3.90. The maximum absolute atomic E-state index is 12.2. The van der Waals surface area contributed by atoms with Gasteiger partial charge in [-0.3, -0.25) is 9.59 Å². The molecule has 0 unspecified atom stereocenters. The number of fused-ring (bicyclic) bond motifs is 1. The monoisotopic (exact) mass is 380 g/mol. The number of hydrogen-bond donors (Lipinski definition) is 3. The van der Waals surface area contributed by atoms with E-state index in [0.29, 0.717) is 12.4 Å². The van der Waals surface area contributed by atoms with Crippen LogP contribution < -0.4 is 10.6 Å². The first kappa shape index (κ1) is 18.2. The predicted octanol–water partition coefficient (Wildman–Crippen LogP) is 2.17. The lowest BCUT2D eigenvalue weighted by atomic mass is 9.85. The van der Waals surface area contributed by atoms with Crippen molar-refractivity contribution in [2.45, 2.75) is 39.2 Å². The van der Waals surface area contributed by atoms with Crippen LogP contribution in [0.4, 0.5) is 5.82 Å². The Morgan fingerprint density at radius 1 is 1.29 bits per heavy atom. The van der Waals surface area contributed by atoms with E-state index in [9.17, 15) is 9.59 Å². The summed E-state index contributed by atoms with van der Waals surface area (Å²) in [4.78, 5) is 27.5. The van der Waals surface area contributed by atoms with Crippen LogP contribution >= 0.6 is 0 Å². The number of anilines is 1. The number of nitrogens with zero attached hydrogens (tertiary/aromatic N) is 3. The fraction of sp³-hybridized carbons (Fsp3) is 0.400. The molecule has 2 aromatic heterocycles. The highest BCUT2D eigenvalue weighted by Crippen LogP contribution is 2.27. The molecule has 2 amide bonds. The van der Waals surface area contributed by atoms with Crippen molar-refractivity contribution < 1.29 is 9.59 Å². The Balaban J connectivity index is 1.26. The van der Waals surface area contributed by atoms with Gasteiger partial charge in [0.25, 0.3) is 0 Å². The first-order valence-corrected chi connectivity index (χ1v) is 9.64. The Bertz CT molecular complexity index is 1000. The van der Waals surface area contributed by atoms with Crippen LogP contribution in [0.15, 0.2) is 30.5 Å². The van der Waals surface area contributed by atoms with Gasteiger partial charge in [-0.05, 0) is 37.8 Å². The van der Waals surface area contributed by atoms with Gasteiger partial charge in [0.15, 0.2) is 5.82 Å². The zero-order valence-corrected chi connectivity index (χ0v) is 15.9. The van der Waals surface area contributed by atoms with E-state index in [-0.39, 0.29) is 24.3 Å². The number of hydrogen-bond acceptors (Lipinski definition) is 4. The molecule has 0 spiro atoms. The topological polar surface area (TPSA) is 105 Å². The number of amides is 2. The molecular weight excluding hydrogens is 356 g/mol. The Morgan fingerprint density at radius 3 is 2.89 bits per heavy atom. The van der Waals surface area contributed by atoms with Gasteiger partial charge in [-0.1, -0.05) is 29.8 Å². The quantitative estimate of drug-likeness (QED) is 0.584. The minimum Gasteiger partial charge on any atom is -0.358 e. The molecule has 4 rings (SSSR count).